The Morgan fingerprint density at radius 2 is 1.84 bits per heavy atom. The van der Waals surface area contributed by atoms with Crippen LogP contribution < -0.4 is 5.32 Å². The fraction of sp³-hybridized carbons (Fsp3) is 0.318. The van der Waals surface area contributed by atoms with Crippen molar-refractivity contribution in [2.75, 3.05) is 21.2 Å². The summed E-state index contributed by atoms with van der Waals surface area (Å²) >= 11 is 5.80. The second-order valence-electron chi connectivity index (χ2n) is 6.55. The molecule has 0 aromatic heterocycles. The Morgan fingerprint density at radius 3 is 2.41 bits per heavy atom. The molecule has 2 aromatic carbocycles. The average molecular weight is 472 g/mol. The predicted molar refractivity (Wildman–Crippen MR) is 119 cm³/mol. The Kier molecular flexibility index (Phi) is 10.9. The number of benzene rings is 2. The van der Waals surface area contributed by atoms with E-state index in [2.05, 4.69) is 20.5 Å². The second kappa shape index (κ2) is 12.8. The molecular weight excluding hydrogens is 447 g/mol. The summed E-state index contributed by atoms with van der Waals surface area (Å²) < 4.78 is 38.9. The maximum atomic E-state index is 13.0. The number of hydrogen-bond acceptors (Lipinski definition) is 6. The van der Waals surface area contributed by atoms with E-state index in [1.807, 2.05) is 27.1 Å². The Labute approximate surface area is 190 Å². The quantitative estimate of drug-likeness (QED) is 0.350. The molecule has 0 aliphatic heterocycles. The molecule has 6 nitrogen and oxygen atoms in total. The van der Waals surface area contributed by atoms with E-state index in [4.69, 9.17) is 16.4 Å². The van der Waals surface area contributed by atoms with Crippen molar-refractivity contribution >= 4 is 29.3 Å². The molecule has 1 N–H and O–H groups in total. The van der Waals surface area contributed by atoms with E-state index in [0.717, 1.165) is 17.7 Å². The van der Waals surface area contributed by atoms with Crippen LogP contribution in [0.1, 0.15) is 34.7 Å². The van der Waals surface area contributed by atoms with E-state index in [9.17, 15) is 18.0 Å². The zero-order chi connectivity index (χ0) is 24.3. The van der Waals surface area contributed by atoms with Gasteiger partial charge in [0.1, 0.15) is 19.4 Å². The second-order valence-corrected chi connectivity index (χ2v) is 6.99. The maximum Gasteiger partial charge on any atom is 0.416 e. The minimum atomic E-state index is -4.53. The van der Waals surface area contributed by atoms with Crippen molar-refractivity contribution in [2.24, 2.45) is 10.3 Å². The summed E-state index contributed by atoms with van der Waals surface area (Å²) in [6.45, 7) is 3.30. The zero-order valence-electron chi connectivity index (χ0n) is 18.4. The third kappa shape index (κ3) is 7.97. The summed E-state index contributed by atoms with van der Waals surface area (Å²) in [4.78, 5) is 21.3. The first kappa shape index (κ1) is 27.1. The highest BCUT2D eigenvalue weighted by atomic mass is 35.5. The van der Waals surface area contributed by atoms with Crippen LogP contribution >= 0.6 is 11.6 Å². The normalized spacial score (nSPS) is 12.0. The summed E-state index contributed by atoms with van der Waals surface area (Å²) in [6.07, 6.45) is -3.97. The van der Waals surface area contributed by atoms with Crippen LogP contribution in [0.4, 0.5) is 13.2 Å². The number of carbonyl (C=O) groups is 1. The first-order valence-corrected chi connectivity index (χ1v) is 9.75. The van der Waals surface area contributed by atoms with Gasteiger partial charge in [-0.15, -0.1) is 0 Å². The lowest BCUT2D eigenvalue weighted by Crippen LogP contribution is -2.10. The van der Waals surface area contributed by atoms with Gasteiger partial charge in [-0.3, -0.25) is 4.79 Å². The maximum absolute atomic E-state index is 13.0. The number of alkyl halides is 3. The Balaban J connectivity index is 0.00000161. The summed E-state index contributed by atoms with van der Waals surface area (Å²) in [7, 11) is 5.07. The first-order chi connectivity index (χ1) is 15.1. The smallest absolute Gasteiger partial charge is 0.399 e. The topological polar surface area (TPSA) is 72.3 Å². The van der Waals surface area contributed by atoms with Crippen LogP contribution in [0.25, 0.3) is 0 Å². The Morgan fingerprint density at radius 1 is 1.19 bits per heavy atom. The van der Waals surface area contributed by atoms with Crippen molar-refractivity contribution in [3.8, 4) is 0 Å². The van der Waals surface area contributed by atoms with Gasteiger partial charge in [-0.05, 0) is 51.7 Å². The van der Waals surface area contributed by atoms with Crippen LogP contribution in [-0.2, 0) is 27.3 Å². The number of nitrogens with zero attached hydrogens (tertiary/aromatic N) is 2. The van der Waals surface area contributed by atoms with Crippen LogP contribution in [-0.4, -0.2) is 38.9 Å². The van der Waals surface area contributed by atoms with Gasteiger partial charge in [-0.25, -0.2) is 0 Å². The molecule has 0 bridgehead atoms. The molecular formula is C22H25ClF3N3O3. The molecule has 32 heavy (non-hydrogen) atoms. The van der Waals surface area contributed by atoms with Gasteiger partial charge in [-0.2, -0.15) is 13.2 Å². The van der Waals surface area contributed by atoms with E-state index in [1.54, 1.807) is 12.1 Å². The van der Waals surface area contributed by atoms with Crippen LogP contribution in [0.2, 0.25) is 5.02 Å². The standard InChI is InChI=1S/C20H18ClF3N2O3.C2H7N/c1-12-5-4-6-17(19(10-27)26-28-3)18(12)11-29-25-13(2)14-7-15(20(22,23)24)9-16(21)8-14;1-3-2/h4-10H,11H2,1-3H3;3H,1-2H3/b25-13+,26-19-;. The number of aryl methyl sites for hydroxylation is 1. The van der Waals surface area contributed by atoms with Crippen molar-refractivity contribution in [3.05, 3.63) is 69.2 Å². The number of rotatable bonds is 7. The largest absolute Gasteiger partial charge is 0.416 e. The zero-order valence-corrected chi connectivity index (χ0v) is 19.1. The molecule has 0 aliphatic carbocycles. The minimum absolute atomic E-state index is 0.0252. The van der Waals surface area contributed by atoms with Gasteiger partial charge in [0.2, 0.25) is 0 Å². The van der Waals surface area contributed by atoms with Crippen LogP contribution in [0, 0.1) is 6.92 Å². The summed E-state index contributed by atoms with van der Waals surface area (Å²) in [6, 6.07) is 8.41. The molecule has 0 saturated carbocycles. The third-order valence-electron chi connectivity index (χ3n) is 4.04. The average Bonchev–Trinajstić information content (AvgIpc) is 2.72. The van der Waals surface area contributed by atoms with E-state index < -0.39 is 11.7 Å². The van der Waals surface area contributed by atoms with Crippen LogP contribution in [0.3, 0.4) is 0 Å². The lowest BCUT2D eigenvalue weighted by atomic mass is 9.99. The molecule has 2 rings (SSSR count). The van der Waals surface area contributed by atoms with Gasteiger partial charge >= 0.3 is 6.18 Å². The number of halogens is 4. The number of nitrogens with one attached hydrogen (secondary N) is 1. The van der Waals surface area contributed by atoms with Gasteiger partial charge in [0.05, 0.1) is 11.3 Å². The minimum Gasteiger partial charge on any atom is -0.399 e. The monoisotopic (exact) mass is 471 g/mol. The number of carbonyl (C=O) groups excluding carboxylic acids is 1. The number of oxime groups is 2. The first-order valence-electron chi connectivity index (χ1n) is 9.37. The van der Waals surface area contributed by atoms with Gasteiger partial charge in [0.15, 0.2) is 6.29 Å². The Hall–Kier alpha value is -2.91. The van der Waals surface area contributed by atoms with Crippen molar-refractivity contribution in [1.29, 1.82) is 0 Å². The highest BCUT2D eigenvalue weighted by molar-refractivity contribution is 6.36. The van der Waals surface area contributed by atoms with Crippen molar-refractivity contribution in [3.63, 3.8) is 0 Å². The molecule has 0 radical (unpaired) electrons. The molecule has 174 valence electrons. The third-order valence-corrected chi connectivity index (χ3v) is 4.26. The molecule has 0 heterocycles. The lowest BCUT2D eigenvalue weighted by Gasteiger charge is -2.12. The van der Waals surface area contributed by atoms with Crippen LogP contribution in [0.5, 0.6) is 0 Å². The van der Waals surface area contributed by atoms with Gasteiger partial charge in [0.25, 0.3) is 0 Å². The van der Waals surface area contributed by atoms with E-state index >= 15 is 0 Å². The lowest BCUT2D eigenvalue weighted by molar-refractivity contribution is -0.137. The van der Waals surface area contributed by atoms with Crippen molar-refractivity contribution < 1.29 is 27.6 Å². The van der Waals surface area contributed by atoms with E-state index in [0.29, 0.717) is 17.4 Å². The van der Waals surface area contributed by atoms with E-state index in [1.165, 1.54) is 20.1 Å². The number of hydrogen-bond donors (Lipinski definition) is 1. The SMILES string of the molecule is CNC.CO/N=C(/C=O)c1cccc(C)c1CO/N=C(\C)c1cc(Cl)cc(C(F)(F)F)c1. The fourth-order valence-electron chi connectivity index (χ4n) is 2.57. The molecule has 0 saturated heterocycles. The van der Waals surface area contributed by atoms with Crippen molar-refractivity contribution in [1.82, 2.24) is 5.32 Å². The number of aldehydes is 1. The highest BCUT2D eigenvalue weighted by Gasteiger charge is 2.31. The van der Waals surface area contributed by atoms with Gasteiger partial charge in [-0.1, -0.05) is 40.1 Å². The molecule has 0 atom stereocenters. The highest BCUT2D eigenvalue weighted by Crippen LogP contribution is 2.32. The molecule has 0 unspecified atom stereocenters. The predicted octanol–water partition coefficient (Wildman–Crippen LogP) is 4.99. The summed E-state index contributed by atoms with van der Waals surface area (Å²) in [5.74, 6) is 0. The van der Waals surface area contributed by atoms with Crippen LogP contribution in [0.15, 0.2) is 46.7 Å². The molecule has 0 fully saturated rings. The molecule has 0 aliphatic rings. The molecule has 2 aromatic rings. The van der Waals surface area contributed by atoms with E-state index in [-0.39, 0.29) is 28.6 Å². The van der Waals surface area contributed by atoms with Gasteiger partial charge < -0.3 is 15.0 Å². The summed E-state index contributed by atoms with van der Waals surface area (Å²) in [5.41, 5.74) is 1.59. The fourth-order valence-corrected chi connectivity index (χ4v) is 2.81. The molecule has 0 amide bonds. The molecule has 10 heteroatoms. The van der Waals surface area contributed by atoms with Crippen molar-refractivity contribution in [2.45, 2.75) is 26.6 Å². The summed E-state index contributed by atoms with van der Waals surface area (Å²) in [5, 5.41) is 10.3. The Bertz CT molecular complexity index is 977. The molecule has 0 spiro atoms. The van der Waals surface area contributed by atoms with Gasteiger partial charge in [0, 0.05) is 21.7 Å².